The lowest BCUT2D eigenvalue weighted by Gasteiger charge is -2.16. The summed E-state index contributed by atoms with van der Waals surface area (Å²) in [5.74, 6) is -1.67. The predicted molar refractivity (Wildman–Crippen MR) is 85.2 cm³/mol. The van der Waals surface area contributed by atoms with Gasteiger partial charge < -0.3 is 21.5 Å². The topological polar surface area (TPSA) is 104 Å². The van der Waals surface area contributed by atoms with Gasteiger partial charge in [-0.05, 0) is 18.1 Å². The fraction of sp³-hybridized carbons (Fsp3) is 0.467. The van der Waals surface area contributed by atoms with Gasteiger partial charge in [0.05, 0.1) is 12.6 Å². The molecular weight excluding hydrogens is 325 g/mol. The Hall–Kier alpha value is -1.70. The van der Waals surface area contributed by atoms with E-state index < -0.39 is 29.8 Å². The molecule has 128 valence electrons. The Kier molecular flexibility index (Phi) is 7.41. The highest BCUT2D eigenvalue weighted by Gasteiger charge is 2.19. The average molecular weight is 346 g/mol. The number of aliphatic hydroxyl groups is 1. The third-order valence-electron chi connectivity index (χ3n) is 3.27. The zero-order chi connectivity index (χ0) is 17.6. The Morgan fingerprint density at radius 3 is 2.57 bits per heavy atom. The molecule has 8 heteroatoms. The number of nitrogens with one attached hydrogen (secondary N) is 2. The van der Waals surface area contributed by atoms with Gasteiger partial charge in [0.15, 0.2) is 0 Å². The summed E-state index contributed by atoms with van der Waals surface area (Å²) in [7, 11) is 0. The number of rotatable bonds is 7. The molecule has 0 aliphatic heterocycles. The number of amides is 2. The van der Waals surface area contributed by atoms with Crippen LogP contribution in [0.3, 0.4) is 0 Å². The van der Waals surface area contributed by atoms with E-state index in [4.69, 9.17) is 17.3 Å². The molecule has 1 rings (SSSR count). The molecule has 0 aromatic heterocycles. The van der Waals surface area contributed by atoms with Crippen LogP contribution in [0.4, 0.5) is 4.39 Å². The standard InChI is InChI=1S/C15H21ClFN3O3/c1-8(2)14(18)15(23)20-7-12(22)19-6-11(21)13-9(16)4-3-5-10(13)17/h3-5,8,11,14,21H,6-7,18H2,1-2H3,(H,19,22)(H,20,23)/t11?,14-/m0/s1. The number of aliphatic hydroxyl groups excluding tert-OH is 1. The lowest BCUT2D eigenvalue weighted by Crippen LogP contribution is -2.47. The van der Waals surface area contributed by atoms with Gasteiger partial charge in [0.1, 0.15) is 11.9 Å². The van der Waals surface area contributed by atoms with Crippen molar-refractivity contribution in [3.05, 3.63) is 34.6 Å². The van der Waals surface area contributed by atoms with Crippen LogP contribution in [-0.2, 0) is 9.59 Å². The van der Waals surface area contributed by atoms with E-state index in [2.05, 4.69) is 10.6 Å². The molecular formula is C15H21ClFN3O3. The first-order valence-corrected chi connectivity index (χ1v) is 7.53. The average Bonchev–Trinajstić information content (AvgIpc) is 2.49. The largest absolute Gasteiger partial charge is 0.386 e. The summed E-state index contributed by atoms with van der Waals surface area (Å²) in [6, 6.07) is 3.32. The lowest BCUT2D eigenvalue weighted by atomic mass is 10.1. The molecule has 23 heavy (non-hydrogen) atoms. The van der Waals surface area contributed by atoms with E-state index in [0.717, 1.165) is 0 Å². The molecule has 0 heterocycles. The number of carbonyl (C=O) groups is 2. The van der Waals surface area contributed by atoms with Crippen molar-refractivity contribution >= 4 is 23.4 Å². The number of halogens is 2. The van der Waals surface area contributed by atoms with Crippen LogP contribution in [0.1, 0.15) is 25.5 Å². The fourth-order valence-electron chi connectivity index (χ4n) is 1.79. The van der Waals surface area contributed by atoms with Crippen molar-refractivity contribution in [2.45, 2.75) is 26.0 Å². The van der Waals surface area contributed by atoms with Gasteiger partial charge in [0.25, 0.3) is 0 Å². The minimum atomic E-state index is -1.29. The number of hydrogen-bond acceptors (Lipinski definition) is 4. The number of carbonyl (C=O) groups excluding carboxylic acids is 2. The van der Waals surface area contributed by atoms with E-state index >= 15 is 0 Å². The van der Waals surface area contributed by atoms with Crippen molar-refractivity contribution in [3.8, 4) is 0 Å². The van der Waals surface area contributed by atoms with E-state index in [1.165, 1.54) is 18.2 Å². The van der Waals surface area contributed by atoms with E-state index in [0.29, 0.717) is 0 Å². The molecule has 2 atom stereocenters. The van der Waals surface area contributed by atoms with Gasteiger partial charge in [0.2, 0.25) is 11.8 Å². The molecule has 1 aromatic carbocycles. The van der Waals surface area contributed by atoms with Crippen LogP contribution in [-0.4, -0.2) is 36.1 Å². The quantitative estimate of drug-likeness (QED) is 0.584. The van der Waals surface area contributed by atoms with Crippen molar-refractivity contribution in [2.75, 3.05) is 13.1 Å². The third kappa shape index (κ3) is 5.78. The molecule has 0 spiro atoms. The van der Waals surface area contributed by atoms with Crippen LogP contribution in [0.25, 0.3) is 0 Å². The second-order valence-corrected chi connectivity index (χ2v) is 5.85. The first kappa shape index (κ1) is 19.3. The highest BCUT2D eigenvalue weighted by atomic mass is 35.5. The maximum absolute atomic E-state index is 13.6. The monoisotopic (exact) mass is 345 g/mol. The summed E-state index contributed by atoms with van der Waals surface area (Å²) in [5.41, 5.74) is 5.55. The Morgan fingerprint density at radius 1 is 1.35 bits per heavy atom. The van der Waals surface area contributed by atoms with Crippen molar-refractivity contribution < 1.29 is 19.1 Å². The molecule has 0 saturated carbocycles. The molecule has 0 bridgehead atoms. The van der Waals surface area contributed by atoms with Gasteiger partial charge in [-0.2, -0.15) is 0 Å². The fourth-order valence-corrected chi connectivity index (χ4v) is 2.08. The molecule has 0 aliphatic carbocycles. The van der Waals surface area contributed by atoms with Gasteiger partial charge in [0, 0.05) is 17.1 Å². The van der Waals surface area contributed by atoms with E-state index in [9.17, 15) is 19.1 Å². The minimum absolute atomic E-state index is 0.0527. The molecule has 6 nitrogen and oxygen atoms in total. The van der Waals surface area contributed by atoms with Crippen LogP contribution < -0.4 is 16.4 Å². The first-order chi connectivity index (χ1) is 10.7. The van der Waals surface area contributed by atoms with Crippen LogP contribution in [0.15, 0.2) is 18.2 Å². The second kappa shape index (κ2) is 8.81. The Bertz CT molecular complexity index is 549. The Balaban J connectivity index is 2.46. The molecule has 1 aromatic rings. The molecule has 0 saturated heterocycles. The maximum Gasteiger partial charge on any atom is 0.239 e. The van der Waals surface area contributed by atoms with Crippen molar-refractivity contribution in [2.24, 2.45) is 11.7 Å². The molecule has 0 aliphatic rings. The van der Waals surface area contributed by atoms with Gasteiger partial charge in [-0.15, -0.1) is 0 Å². The zero-order valence-electron chi connectivity index (χ0n) is 13.0. The van der Waals surface area contributed by atoms with Crippen molar-refractivity contribution in [1.29, 1.82) is 0 Å². The van der Waals surface area contributed by atoms with E-state index in [-0.39, 0.29) is 29.6 Å². The second-order valence-electron chi connectivity index (χ2n) is 5.44. The van der Waals surface area contributed by atoms with E-state index in [1.54, 1.807) is 13.8 Å². The van der Waals surface area contributed by atoms with Gasteiger partial charge in [-0.3, -0.25) is 9.59 Å². The molecule has 5 N–H and O–H groups in total. The predicted octanol–water partition coefficient (Wildman–Crippen LogP) is 0.728. The number of benzene rings is 1. The van der Waals surface area contributed by atoms with Crippen LogP contribution in [0, 0.1) is 11.7 Å². The minimum Gasteiger partial charge on any atom is -0.386 e. The molecule has 2 amide bonds. The van der Waals surface area contributed by atoms with Gasteiger partial charge >= 0.3 is 0 Å². The molecule has 0 fully saturated rings. The summed E-state index contributed by atoms with van der Waals surface area (Å²) >= 11 is 5.82. The summed E-state index contributed by atoms with van der Waals surface area (Å²) in [6.07, 6.45) is -1.29. The normalized spacial score (nSPS) is 13.5. The lowest BCUT2D eigenvalue weighted by molar-refractivity contribution is -0.127. The summed E-state index contributed by atoms with van der Waals surface area (Å²) in [4.78, 5) is 23.2. The van der Waals surface area contributed by atoms with E-state index in [1.807, 2.05) is 0 Å². The molecule has 0 radical (unpaired) electrons. The smallest absolute Gasteiger partial charge is 0.239 e. The molecule has 1 unspecified atom stereocenters. The summed E-state index contributed by atoms with van der Waals surface area (Å²) in [6.45, 7) is 3.07. The zero-order valence-corrected chi connectivity index (χ0v) is 13.7. The van der Waals surface area contributed by atoms with Gasteiger partial charge in [-0.25, -0.2) is 4.39 Å². The third-order valence-corrected chi connectivity index (χ3v) is 3.60. The highest BCUT2D eigenvalue weighted by molar-refractivity contribution is 6.31. The SMILES string of the molecule is CC(C)[C@H](N)C(=O)NCC(=O)NCC(O)c1c(F)cccc1Cl. The summed E-state index contributed by atoms with van der Waals surface area (Å²) < 4.78 is 13.6. The highest BCUT2D eigenvalue weighted by Crippen LogP contribution is 2.25. The van der Waals surface area contributed by atoms with Crippen LogP contribution >= 0.6 is 11.6 Å². The van der Waals surface area contributed by atoms with Crippen LogP contribution in [0.5, 0.6) is 0 Å². The van der Waals surface area contributed by atoms with Crippen LogP contribution in [0.2, 0.25) is 5.02 Å². The first-order valence-electron chi connectivity index (χ1n) is 7.16. The van der Waals surface area contributed by atoms with Crippen molar-refractivity contribution in [3.63, 3.8) is 0 Å². The Labute approximate surface area is 139 Å². The van der Waals surface area contributed by atoms with Crippen molar-refractivity contribution in [1.82, 2.24) is 10.6 Å². The maximum atomic E-state index is 13.6. The summed E-state index contributed by atoms with van der Waals surface area (Å²) in [5, 5.41) is 14.8. The number of nitrogens with two attached hydrogens (primary N) is 1. The van der Waals surface area contributed by atoms with Gasteiger partial charge in [-0.1, -0.05) is 31.5 Å². The Morgan fingerprint density at radius 2 is 2.00 bits per heavy atom. The number of hydrogen-bond donors (Lipinski definition) is 4.